The van der Waals surface area contributed by atoms with E-state index in [-0.39, 0.29) is 30.9 Å². The Bertz CT molecular complexity index is 1290. The Kier molecular flexibility index (Phi) is 7.88. The number of nitrogens with one attached hydrogen (secondary N) is 2. The molecule has 1 aliphatic carbocycles. The highest BCUT2D eigenvalue weighted by Gasteiger charge is 2.49. The fraction of sp³-hybridized carbons (Fsp3) is 0.367. The van der Waals surface area contributed by atoms with E-state index in [4.69, 9.17) is 16.6 Å². The van der Waals surface area contributed by atoms with Gasteiger partial charge in [-0.15, -0.1) is 0 Å². The average Bonchev–Trinajstić information content (AvgIpc) is 3.71. The monoisotopic (exact) mass is 545 g/mol. The molecule has 1 atom stereocenters. The van der Waals surface area contributed by atoms with E-state index in [0.29, 0.717) is 35.9 Å². The zero-order valence-corrected chi connectivity index (χ0v) is 23.2. The summed E-state index contributed by atoms with van der Waals surface area (Å²) in [7, 11) is 3.95. The fourth-order valence-corrected chi connectivity index (χ4v) is 5.84. The normalized spacial score (nSPS) is 18.1. The lowest BCUT2D eigenvalue weighted by Crippen LogP contribution is -2.59. The second-order valence-corrected chi connectivity index (χ2v) is 10.9. The van der Waals surface area contributed by atoms with Crippen LogP contribution in [0.2, 0.25) is 0 Å². The number of furan rings is 1. The van der Waals surface area contributed by atoms with Crippen LogP contribution in [0.1, 0.15) is 43.0 Å². The van der Waals surface area contributed by atoms with Crippen LogP contribution in [-0.4, -0.2) is 59.5 Å². The summed E-state index contributed by atoms with van der Waals surface area (Å²) in [6, 6.07) is 21.5. The van der Waals surface area contributed by atoms with Crippen LogP contribution in [0, 0.1) is 0 Å². The summed E-state index contributed by atoms with van der Waals surface area (Å²) in [5, 5.41) is 6.99. The van der Waals surface area contributed by atoms with Crippen molar-refractivity contribution >= 4 is 40.5 Å². The van der Waals surface area contributed by atoms with Crippen molar-refractivity contribution in [3.63, 3.8) is 0 Å². The van der Waals surface area contributed by atoms with Crippen LogP contribution in [0.3, 0.4) is 0 Å². The molecule has 1 saturated heterocycles. The molecule has 5 rings (SSSR count). The number of amides is 2. The van der Waals surface area contributed by atoms with Gasteiger partial charge in [0, 0.05) is 32.0 Å². The Morgan fingerprint density at radius 1 is 1.05 bits per heavy atom. The lowest BCUT2D eigenvalue weighted by atomic mass is 9.92. The van der Waals surface area contributed by atoms with Gasteiger partial charge in [-0.25, -0.2) is 0 Å². The predicted octanol–water partition coefficient (Wildman–Crippen LogP) is 4.56. The molecular formula is C30H35N5O3S. The van der Waals surface area contributed by atoms with Gasteiger partial charge >= 0.3 is 0 Å². The predicted molar refractivity (Wildman–Crippen MR) is 156 cm³/mol. The second-order valence-electron chi connectivity index (χ2n) is 10.5. The molecule has 3 aromatic rings. The Balaban J connectivity index is 1.38. The number of thiocarbonyl (C=S) groups is 1. The summed E-state index contributed by atoms with van der Waals surface area (Å²) < 4.78 is 5.64. The van der Waals surface area contributed by atoms with Crippen LogP contribution >= 0.6 is 12.2 Å². The minimum Gasteiger partial charge on any atom is -0.467 e. The zero-order valence-electron chi connectivity index (χ0n) is 22.4. The molecule has 1 aliphatic heterocycles. The Morgan fingerprint density at radius 3 is 2.41 bits per heavy atom. The standard InChI is InChI=1S/C30H35N5O3S/c1-33(2)24-14-12-23(13-15-24)31-28(37)30(16-6-7-17-30)35(19-25-11-8-18-38-25)27(36)21-34-20-26(32-29(34)39)22-9-4-3-5-10-22/h3-5,8-15,18,26H,6-7,16-17,19-21H2,1-2H3,(H,31,37)(H,32,39)/t26-/m1/s1. The summed E-state index contributed by atoms with van der Waals surface area (Å²) in [4.78, 5) is 33.6. The smallest absolute Gasteiger partial charge is 0.250 e. The molecule has 9 heteroatoms. The highest BCUT2D eigenvalue weighted by atomic mass is 32.1. The number of anilines is 2. The molecule has 0 spiro atoms. The summed E-state index contributed by atoms with van der Waals surface area (Å²) in [6.45, 7) is 0.887. The lowest BCUT2D eigenvalue weighted by Gasteiger charge is -2.40. The lowest BCUT2D eigenvalue weighted by molar-refractivity contribution is -0.146. The van der Waals surface area contributed by atoms with Crippen molar-refractivity contribution in [3.8, 4) is 0 Å². The van der Waals surface area contributed by atoms with Crippen molar-refractivity contribution in [1.29, 1.82) is 0 Å². The molecule has 1 aromatic heterocycles. The first-order valence-electron chi connectivity index (χ1n) is 13.4. The maximum absolute atomic E-state index is 14.1. The van der Waals surface area contributed by atoms with E-state index in [0.717, 1.165) is 24.1 Å². The van der Waals surface area contributed by atoms with Crippen LogP contribution in [0.15, 0.2) is 77.4 Å². The third-order valence-electron chi connectivity index (χ3n) is 7.72. The molecule has 8 nitrogen and oxygen atoms in total. The van der Waals surface area contributed by atoms with Crippen molar-refractivity contribution in [2.24, 2.45) is 0 Å². The van der Waals surface area contributed by atoms with Crippen LogP contribution in [0.25, 0.3) is 0 Å². The minimum absolute atomic E-state index is 0.0129. The second kappa shape index (κ2) is 11.5. The molecular weight excluding hydrogens is 510 g/mol. The Labute approximate surface area is 234 Å². The van der Waals surface area contributed by atoms with Gasteiger partial charge in [-0.2, -0.15) is 0 Å². The maximum Gasteiger partial charge on any atom is 0.250 e. The van der Waals surface area contributed by atoms with Gasteiger partial charge in [-0.05, 0) is 67.0 Å². The summed E-state index contributed by atoms with van der Waals surface area (Å²) in [5.74, 6) is 0.327. The van der Waals surface area contributed by atoms with E-state index in [1.165, 1.54) is 0 Å². The minimum atomic E-state index is -0.975. The summed E-state index contributed by atoms with van der Waals surface area (Å²) in [5.41, 5.74) is 1.90. The summed E-state index contributed by atoms with van der Waals surface area (Å²) >= 11 is 5.61. The van der Waals surface area contributed by atoms with Crippen LogP contribution in [0.4, 0.5) is 11.4 Å². The van der Waals surface area contributed by atoms with E-state index in [2.05, 4.69) is 22.8 Å². The van der Waals surface area contributed by atoms with Crippen LogP contribution in [-0.2, 0) is 16.1 Å². The molecule has 0 unspecified atom stereocenters. The molecule has 2 aliphatic rings. The molecule has 39 heavy (non-hydrogen) atoms. The average molecular weight is 546 g/mol. The van der Waals surface area contributed by atoms with Gasteiger partial charge in [-0.1, -0.05) is 43.2 Å². The fourth-order valence-electron chi connectivity index (χ4n) is 5.55. The number of hydrogen-bond donors (Lipinski definition) is 2. The highest BCUT2D eigenvalue weighted by molar-refractivity contribution is 7.80. The number of carbonyl (C=O) groups excluding carboxylic acids is 2. The molecule has 2 heterocycles. The molecule has 2 aromatic carbocycles. The van der Waals surface area contributed by atoms with Gasteiger partial charge in [-0.3, -0.25) is 9.59 Å². The first-order valence-corrected chi connectivity index (χ1v) is 13.8. The van der Waals surface area contributed by atoms with Crippen LogP contribution < -0.4 is 15.5 Å². The third kappa shape index (κ3) is 5.78. The molecule has 0 bridgehead atoms. The van der Waals surface area contributed by atoms with E-state index in [1.54, 1.807) is 17.2 Å². The van der Waals surface area contributed by atoms with Crippen molar-refractivity contribution in [2.75, 3.05) is 37.4 Å². The number of hydrogen-bond acceptors (Lipinski definition) is 5. The van der Waals surface area contributed by atoms with Crippen LogP contribution in [0.5, 0.6) is 0 Å². The molecule has 204 valence electrons. The number of carbonyl (C=O) groups is 2. The quantitative estimate of drug-likeness (QED) is 0.382. The highest BCUT2D eigenvalue weighted by Crippen LogP contribution is 2.38. The zero-order chi connectivity index (χ0) is 27.4. The molecule has 2 amide bonds. The van der Waals surface area contributed by atoms with Crippen molar-refractivity contribution in [3.05, 3.63) is 84.3 Å². The van der Waals surface area contributed by atoms with Gasteiger partial charge in [0.1, 0.15) is 11.3 Å². The van der Waals surface area contributed by atoms with Gasteiger partial charge < -0.3 is 29.8 Å². The van der Waals surface area contributed by atoms with Gasteiger partial charge in [0.2, 0.25) is 11.8 Å². The first-order chi connectivity index (χ1) is 18.9. The third-order valence-corrected chi connectivity index (χ3v) is 8.10. The van der Waals surface area contributed by atoms with E-state index >= 15 is 0 Å². The molecule has 2 fully saturated rings. The molecule has 2 N–H and O–H groups in total. The summed E-state index contributed by atoms with van der Waals surface area (Å²) in [6.07, 6.45) is 4.52. The van der Waals surface area contributed by atoms with E-state index < -0.39 is 5.54 Å². The van der Waals surface area contributed by atoms with E-state index in [1.807, 2.05) is 72.4 Å². The topological polar surface area (TPSA) is 81.1 Å². The maximum atomic E-state index is 14.1. The van der Waals surface area contributed by atoms with Gasteiger partial charge in [0.25, 0.3) is 0 Å². The largest absolute Gasteiger partial charge is 0.467 e. The Morgan fingerprint density at radius 2 is 1.77 bits per heavy atom. The molecule has 1 saturated carbocycles. The number of benzene rings is 2. The Hall–Kier alpha value is -3.85. The van der Waals surface area contributed by atoms with Crippen molar-refractivity contribution in [1.82, 2.24) is 15.1 Å². The van der Waals surface area contributed by atoms with Crippen molar-refractivity contribution in [2.45, 2.75) is 43.8 Å². The SMILES string of the molecule is CN(C)c1ccc(NC(=O)C2(N(Cc3ccco3)C(=O)CN3C[C@H](c4ccccc4)NC3=S)CCCC2)cc1. The number of rotatable bonds is 9. The van der Waals surface area contributed by atoms with Gasteiger partial charge in [0.05, 0.1) is 25.4 Å². The van der Waals surface area contributed by atoms with E-state index in [9.17, 15) is 9.59 Å². The van der Waals surface area contributed by atoms with Crippen molar-refractivity contribution < 1.29 is 14.0 Å². The molecule has 0 radical (unpaired) electrons. The first kappa shape index (κ1) is 26.7. The number of nitrogens with zero attached hydrogens (tertiary/aromatic N) is 3. The van der Waals surface area contributed by atoms with Gasteiger partial charge in [0.15, 0.2) is 5.11 Å².